The number of aromatic nitrogens is 1. The van der Waals surface area contributed by atoms with Crippen molar-refractivity contribution in [2.75, 3.05) is 19.6 Å². The van der Waals surface area contributed by atoms with Crippen molar-refractivity contribution >= 4 is 30.7 Å². The highest BCUT2D eigenvalue weighted by atomic mass is 35.5. The Bertz CT molecular complexity index is 766. The van der Waals surface area contributed by atoms with Gasteiger partial charge in [-0.1, -0.05) is 0 Å². The van der Waals surface area contributed by atoms with Crippen LogP contribution < -0.4 is 15.4 Å². The van der Waals surface area contributed by atoms with E-state index in [-0.39, 0.29) is 36.6 Å². The van der Waals surface area contributed by atoms with Crippen LogP contribution >= 0.6 is 24.8 Å². The van der Waals surface area contributed by atoms with Crippen molar-refractivity contribution in [3.63, 3.8) is 0 Å². The van der Waals surface area contributed by atoms with Crippen LogP contribution in [0, 0.1) is 5.92 Å². The van der Waals surface area contributed by atoms with Crippen molar-refractivity contribution in [1.82, 2.24) is 15.6 Å². The van der Waals surface area contributed by atoms with Crippen LogP contribution in [0.25, 0.3) is 0 Å². The van der Waals surface area contributed by atoms with Crippen LogP contribution in [0.2, 0.25) is 0 Å². The highest BCUT2D eigenvalue weighted by molar-refractivity contribution is 5.94. The van der Waals surface area contributed by atoms with Gasteiger partial charge in [0.25, 0.3) is 5.91 Å². The van der Waals surface area contributed by atoms with Crippen molar-refractivity contribution in [2.45, 2.75) is 19.0 Å². The Morgan fingerprint density at radius 3 is 2.45 bits per heavy atom. The number of amides is 1. The molecule has 5 nitrogen and oxygen atoms in total. The van der Waals surface area contributed by atoms with E-state index in [0.717, 1.165) is 44.3 Å². The summed E-state index contributed by atoms with van der Waals surface area (Å²) in [7, 11) is 0. The number of alkyl halides is 3. The number of rotatable bonds is 5. The molecule has 0 spiro atoms. The summed E-state index contributed by atoms with van der Waals surface area (Å²) in [6, 6.07) is 8.43. The van der Waals surface area contributed by atoms with Crippen molar-refractivity contribution in [2.24, 2.45) is 5.92 Å². The van der Waals surface area contributed by atoms with E-state index in [1.807, 2.05) is 0 Å². The molecule has 2 heterocycles. The van der Waals surface area contributed by atoms with E-state index in [1.54, 1.807) is 24.3 Å². The molecule has 1 aliphatic rings. The first kappa shape index (κ1) is 25.0. The predicted octanol–water partition coefficient (Wildman–Crippen LogP) is 4.47. The molecule has 10 heteroatoms. The first-order chi connectivity index (χ1) is 12.9. The molecule has 0 saturated carbocycles. The van der Waals surface area contributed by atoms with E-state index >= 15 is 0 Å². The second-order valence-electron chi connectivity index (χ2n) is 6.43. The number of carbonyl (C=O) groups excluding carboxylic acids is 1. The monoisotopic (exact) mass is 451 g/mol. The van der Waals surface area contributed by atoms with Gasteiger partial charge in [0.1, 0.15) is 5.75 Å². The number of piperidine rings is 1. The summed E-state index contributed by atoms with van der Waals surface area (Å²) in [6.07, 6.45) is -1.50. The largest absolute Gasteiger partial charge is 0.439 e. The van der Waals surface area contributed by atoms with Crippen molar-refractivity contribution in [1.29, 1.82) is 0 Å². The third-order valence-electron chi connectivity index (χ3n) is 4.35. The molecule has 1 aromatic carbocycles. The fourth-order valence-electron chi connectivity index (χ4n) is 2.84. The van der Waals surface area contributed by atoms with Gasteiger partial charge in [-0.2, -0.15) is 13.2 Å². The van der Waals surface area contributed by atoms with Crippen molar-refractivity contribution < 1.29 is 22.7 Å². The standard InChI is InChI=1S/C19H20F3N3O2.2ClH/c20-19(21,22)15-5-8-17(24-12-15)27-16-6-3-14(4-7-16)18(26)25-11-13-2-1-9-23-10-13;;/h3-8,12-13,23H,1-2,9-11H2,(H,25,26);2*1H. The van der Waals surface area contributed by atoms with Crippen molar-refractivity contribution in [3.8, 4) is 11.6 Å². The highest BCUT2D eigenvalue weighted by Gasteiger charge is 2.30. The maximum atomic E-state index is 12.5. The lowest BCUT2D eigenvalue weighted by Gasteiger charge is -2.22. The van der Waals surface area contributed by atoms with Crippen LogP contribution in [0.5, 0.6) is 11.6 Å². The number of benzene rings is 1. The van der Waals surface area contributed by atoms with Gasteiger partial charge in [-0.3, -0.25) is 4.79 Å². The topological polar surface area (TPSA) is 63.2 Å². The average Bonchev–Trinajstić information content (AvgIpc) is 2.67. The minimum atomic E-state index is -4.44. The molecule has 1 aromatic heterocycles. The molecule has 29 heavy (non-hydrogen) atoms. The normalized spacial score (nSPS) is 16.2. The summed E-state index contributed by atoms with van der Waals surface area (Å²) in [5.41, 5.74) is -0.346. The summed E-state index contributed by atoms with van der Waals surface area (Å²) >= 11 is 0. The molecule has 2 aromatic rings. The Kier molecular flexibility index (Phi) is 9.68. The van der Waals surface area contributed by atoms with Gasteiger partial charge < -0.3 is 15.4 Å². The van der Waals surface area contributed by atoms with Crippen LogP contribution in [0.4, 0.5) is 13.2 Å². The Morgan fingerprint density at radius 2 is 1.90 bits per heavy atom. The third kappa shape index (κ3) is 7.38. The summed E-state index contributed by atoms with van der Waals surface area (Å²) in [6.45, 7) is 2.56. The smallest absolute Gasteiger partial charge is 0.417 e. The molecular weight excluding hydrogens is 430 g/mol. The molecule has 0 radical (unpaired) electrons. The molecule has 1 amide bonds. The van der Waals surface area contributed by atoms with Crippen LogP contribution in [0.1, 0.15) is 28.8 Å². The molecule has 160 valence electrons. The first-order valence-corrected chi connectivity index (χ1v) is 8.72. The third-order valence-corrected chi connectivity index (χ3v) is 4.35. The second-order valence-corrected chi connectivity index (χ2v) is 6.43. The Morgan fingerprint density at radius 1 is 1.17 bits per heavy atom. The van der Waals surface area contributed by atoms with Crippen LogP contribution in [0.3, 0.4) is 0 Å². The van der Waals surface area contributed by atoms with E-state index in [4.69, 9.17) is 4.74 Å². The zero-order valence-electron chi connectivity index (χ0n) is 15.4. The average molecular weight is 452 g/mol. The lowest BCUT2D eigenvalue weighted by atomic mass is 10.00. The molecule has 3 rings (SSSR count). The summed E-state index contributed by atoms with van der Waals surface area (Å²) in [5, 5.41) is 6.22. The Labute approximate surface area is 179 Å². The quantitative estimate of drug-likeness (QED) is 0.703. The second kappa shape index (κ2) is 11.2. The molecule has 2 N–H and O–H groups in total. The molecule has 0 aliphatic carbocycles. The van der Waals surface area contributed by atoms with Gasteiger partial charge in [0.05, 0.1) is 5.56 Å². The van der Waals surface area contributed by atoms with Gasteiger partial charge in [-0.15, -0.1) is 24.8 Å². The highest BCUT2D eigenvalue weighted by Crippen LogP contribution is 2.30. The summed E-state index contributed by atoms with van der Waals surface area (Å²) in [4.78, 5) is 15.8. The van der Waals surface area contributed by atoms with E-state index in [1.165, 1.54) is 0 Å². The number of nitrogens with zero attached hydrogens (tertiary/aromatic N) is 1. The molecule has 1 unspecified atom stereocenters. The number of ether oxygens (including phenoxy) is 1. The molecule has 1 aliphatic heterocycles. The Hall–Kier alpha value is -2.03. The predicted molar refractivity (Wildman–Crippen MR) is 108 cm³/mol. The van der Waals surface area contributed by atoms with Crippen LogP contribution in [-0.2, 0) is 6.18 Å². The number of hydrogen-bond acceptors (Lipinski definition) is 4. The van der Waals surface area contributed by atoms with Crippen LogP contribution in [-0.4, -0.2) is 30.5 Å². The molecule has 1 saturated heterocycles. The SMILES string of the molecule is Cl.Cl.O=C(NCC1CCCNC1)c1ccc(Oc2ccc(C(F)(F)F)cn2)cc1. The zero-order valence-corrected chi connectivity index (χ0v) is 17.0. The van der Waals surface area contributed by atoms with E-state index < -0.39 is 11.7 Å². The number of pyridine rings is 1. The van der Waals surface area contributed by atoms with Gasteiger partial charge in [0.15, 0.2) is 0 Å². The van der Waals surface area contributed by atoms with E-state index in [2.05, 4.69) is 15.6 Å². The molecular formula is C19H22Cl2F3N3O2. The van der Waals surface area contributed by atoms with E-state index in [0.29, 0.717) is 23.8 Å². The Balaban J connectivity index is 0.00000210. The fourth-order valence-corrected chi connectivity index (χ4v) is 2.84. The van der Waals surface area contributed by atoms with E-state index in [9.17, 15) is 18.0 Å². The first-order valence-electron chi connectivity index (χ1n) is 8.72. The number of carbonyl (C=O) groups is 1. The maximum absolute atomic E-state index is 12.5. The number of nitrogens with one attached hydrogen (secondary N) is 2. The van der Waals surface area contributed by atoms with Gasteiger partial charge in [0.2, 0.25) is 5.88 Å². The lowest BCUT2D eigenvalue weighted by molar-refractivity contribution is -0.137. The molecule has 1 fully saturated rings. The maximum Gasteiger partial charge on any atom is 0.417 e. The van der Waals surface area contributed by atoms with Crippen LogP contribution in [0.15, 0.2) is 42.6 Å². The minimum Gasteiger partial charge on any atom is -0.439 e. The van der Waals surface area contributed by atoms with Gasteiger partial charge in [-0.05, 0) is 62.2 Å². The molecule has 0 bridgehead atoms. The number of hydrogen-bond donors (Lipinski definition) is 2. The summed E-state index contributed by atoms with van der Waals surface area (Å²) in [5.74, 6) is 0.705. The minimum absolute atomic E-state index is 0. The zero-order chi connectivity index (χ0) is 19.3. The van der Waals surface area contributed by atoms with Crippen molar-refractivity contribution in [3.05, 3.63) is 53.7 Å². The number of halogens is 5. The van der Waals surface area contributed by atoms with Gasteiger partial charge >= 0.3 is 6.18 Å². The fraction of sp³-hybridized carbons (Fsp3) is 0.368. The lowest BCUT2D eigenvalue weighted by Crippen LogP contribution is -2.38. The molecule has 1 atom stereocenters. The summed E-state index contributed by atoms with van der Waals surface area (Å²) < 4.78 is 43.0. The van der Waals surface area contributed by atoms with Gasteiger partial charge in [0, 0.05) is 24.4 Å². The van der Waals surface area contributed by atoms with Gasteiger partial charge in [-0.25, -0.2) is 4.98 Å².